The Hall–Kier alpha value is -1.90. The predicted octanol–water partition coefficient (Wildman–Crippen LogP) is 2.91. The van der Waals surface area contributed by atoms with E-state index in [0.29, 0.717) is 11.6 Å². The summed E-state index contributed by atoms with van der Waals surface area (Å²) >= 11 is 0. The molecule has 2 rings (SSSR count). The van der Waals surface area contributed by atoms with Crippen LogP contribution in [0.2, 0.25) is 0 Å². The van der Waals surface area contributed by atoms with Crippen molar-refractivity contribution < 1.29 is 4.79 Å². The van der Waals surface area contributed by atoms with E-state index in [-0.39, 0.29) is 5.91 Å². The number of rotatable bonds is 3. The third-order valence-corrected chi connectivity index (χ3v) is 2.69. The van der Waals surface area contributed by atoms with E-state index in [1.807, 2.05) is 37.3 Å². The quantitative estimate of drug-likeness (QED) is 0.813. The van der Waals surface area contributed by atoms with Crippen LogP contribution in [0.15, 0.2) is 35.0 Å². The number of aliphatic imine (C=N–C) groups is 1. The summed E-state index contributed by atoms with van der Waals surface area (Å²) in [6, 6.07) is 8.02. The van der Waals surface area contributed by atoms with E-state index in [1.54, 1.807) is 0 Å². The second kappa shape index (κ2) is 5.17. The lowest BCUT2D eigenvalue weighted by molar-refractivity contribution is -0.115. The van der Waals surface area contributed by atoms with Crippen LogP contribution in [0.5, 0.6) is 0 Å². The van der Waals surface area contributed by atoms with E-state index < -0.39 is 0 Å². The van der Waals surface area contributed by atoms with E-state index in [9.17, 15) is 4.79 Å². The minimum atomic E-state index is -0.104. The zero-order valence-electron chi connectivity index (χ0n) is 11.0. The van der Waals surface area contributed by atoms with Crippen molar-refractivity contribution in [1.29, 1.82) is 0 Å². The third-order valence-electron chi connectivity index (χ3n) is 2.69. The highest BCUT2D eigenvalue weighted by Crippen LogP contribution is 2.15. The van der Waals surface area contributed by atoms with Crippen LogP contribution >= 0.6 is 0 Å². The second-order valence-corrected chi connectivity index (χ2v) is 5.05. The molecular weight excluding hydrogens is 224 g/mol. The molecule has 0 bridgehead atoms. The summed E-state index contributed by atoms with van der Waals surface area (Å²) in [6.07, 6.45) is 2.63. The number of hydrogen-bond acceptors (Lipinski definition) is 2. The molecule has 0 aromatic heterocycles. The van der Waals surface area contributed by atoms with Crippen LogP contribution in [0.1, 0.15) is 31.4 Å². The van der Waals surface area contributed by atoms with Gasteiger partial charge in [0.15, 0.2) is 0 Å². The molecule has 0 aliphatic carbocycles. The minimum absolute atomic E-state index is 0.104. The maximum atomic E-state index is 11.8. The van der Waals surface area contributed by atoms with E-state index >= 15 is 0 Å². The summed E-state index contributed by atoms with van der Waals surface area (Å²) in [5.74, 6) is 1.16. The second-order valence-electron chi connectivity index (χ2n) is 5.05. The fraction of sp³-hybridized carbons (Fsp3) is 0.333. The number of aryl methyl sites for hydroxylation is 1. The first-order valence-corrected chi connectivity index (χ1v) is 6.22. The Balaban J connectivity index is 2.22. The van der Waals surface area contributed by atoms with Gasteiger partial charge in [-0.05, 0) is 24.5 Å². The number of benzene rings is 1. The van der Waals surface area contributed by atoms with Crippen LogP contribution in [-0.2, 0) is 4.79 Å². The first-order valence-electron chi connectivity index (χ1n) is 6.22. The molecule has 1 heterocycles. The Morgan fingerprint density at radius 2 is 2.17 bits per heavy atom. The number of carbonyl (C=O) groups is 1. The zero-order valence-corrected chi connectivity index (χ0v) is 11.0. The van der Waals surface area contributed by atoms with Crippen molar-refractivity contribution in [2.75, 3.05) is 0 Å². The van der Waals surface area contributed by atoms with Crippen molar-refractivity contribution in [3.8, 4) is 0 Å². The molecule has 0 saturated heterocycles. The molecular formula is C15H18N2O. The van der Waals surface area contributed by atoms with E-state index in [2.05, 4.69) is 24.2 Å². The molecule has 1 aliphatic heterocycles. The smallest absolute Gasteiger partial charge is 0.275 e. The van der Waals surface area contributed by atoms with E-state index in [0.717, 1.165) is 17.8 Å². The summed E-state index contributed by atoms with van der Waals surface area (Å²) in [6.45, 7) is 6.25. The molecule has 18 heavy (non-hydrogen) atoms. The zero-order chi connectivity index (χ0) is 13.1. The summed E-state index contributed by atoms with van der Waals surface area (Å²) in [5.41, 5.74) is 2.68. The van der Waals surface area contributed by atoms with Crippen LogP contribution in [0, 0.1) is 12.8 Å². The number of carbonyl (C=O) groups excluding carboxylic acids is 1. The van der Waals surface area contributed by atoms with Crippen molar-refractivity contribution in [2.24, 2.45) is 10.9 Å². The van der Waals surface area contributed by atoms with Gasteiger partial charge in [-0.3, -0.25) is 4.79 Å². The molecule has 0 fully saturated rings. The van der Waals surface area contributed by atoms with Gasteiger partial charge in [-0.15, -0.1) is 0 Å². The Labute approximate surface area is 108 Å². The molecule has 1 aliphatic rings. The fourth-order valence-corrected chi connectivity index (χ4v) is 1.92. The molecule has 1 aromatic rings. The van der Waals surface area contributed by atoms with Gasteiger partial charge in [-0.2, -0.15) is 0 Å². The molecule has 0 unspecified atom stereocenters. The topological polar surface area (TPSA) is 41.5 Å². The van der Waals surface area contributed by atoms with Gasteiger partial charge in [-0.1, -0.05) is 43.7 Å². The predicted molar refractivity (Wildman–Crippen MR) is 74.2 cm³/mol. The first-order chi connectivity index (χ1) is 8.54. The number of hydrogen-bond donors (Lipinski definition) is 1. The molecule has 1 amide bonds. The van der Waals surface area contributed by atoms with Gasteiger partial charge in [0.2, 0.25) is 0 Å². The van der Waals surface area contributed by atoms with Crippen molar-refractivity contribution in [1.82, 2.24) is 5.32 Å². The van der Waals surface area contributed by atoms with Crippen LogP contribution in [-0.4, -0.2) is 11.7 Å². The van der Waals surface area contributed by atoms with Gasteiger partial charge in [0.25, 0.3) is 5.91 Å². The monoisotopic (exact) mass is 242 g/mol. The Morgan fingerprint density at radius 1 is 1.39 bits per heavy atom. The van der Waals surface area contributed by atoms with Gasteiger partial charge >= 0.3 is 0 Å². The Bertz CT molecular complexity index is 527. The summed E-state index contributed by atoms with van der Waals surface area (Å²) in [7, 11) is 0. The summed E-state index contributed by atoms with van der Waals surface area (Å²) in [5, 5.41) is 2.81. The molecule has 3 heteroatoms. The average Bonchev–Trinajstić information content (AvgIpc) is 2.58. The standard InChI is InChI=1S/C15H18N2O/c1-10(2)7-14-16-13(15(18)17-14)9-12-6-4-5-11(3)8-12/h4-6,8-10H,7H2,1-3H3,(H,16,17,18)/b13-9+. The lowest BCUT2D eigenvalue weighted by Gasteiger charge is -2.02. The lowest BCUT2D eigenvalue weighted by atomic mass is 10.1. The van der Waals surface area contributed by atoms with E-state index in [4.69, 9.17) is 0 Å². The molecule has 0 atom stereocenters. The van der Waals surface area contributed by atoms with Crippen molar-refractivity contribution >= 4 is 17.8 Å². The van der Waals surface area contributed by atoms with Crippen molar-refractivity contribution in [2.45, 2.75) is 27.2 Å². The third kappa shape index (κ3) is 3.06. The van der Waals surface area contributed by atoms with Gasteiger partial charge < -0.3 is 5.32 Å². The highest BCUT2D eigenvalue weighted by atomic mass is 16.2. The fourth-order valence-electron chi connectivity index (χ4n) is 1.92. The molecule has 94 valence electrons. The van der Waals surface area contributed by atoms with Crippen molar-refractivity contribution in [3.05, 3.63) is 41.1 Å². The maximum Gasteiger partial charge on any atom is 0.275 e. The highest BCUT2D eigenvalue weighted by molar-refractivity contribution is 6.14. The lowest BCUT2D eigenvalue weighted by Crippen LogP contribution is -2.24. The molecule has 1 N–H and O–H groups in total. The number of amidine groups is 1. The largest absolute Gasteiger partial charge is 0.309 e. The molecule has 0 saturated carbocycles. The van der Waals surface area contributed by atoms with Gasteiger partial charge in [0, 0.05) is 6.42 Å². The van der Waals surface area contributed by atoms with Crippen molar-refractivity contribution in [3.63, 3.8) is 0 Å². The average molecular weight is 242 g/mol. The Kier molecular flexibility index (Phi) is 3.60. The number of nitrogens with one attached hydrogen (secondary N) is 1. The molecule has 3 nitrogen and oxygen atoms in total. The van der Waals surface area contributed by atoms with Gasteiger partial charge in [0.1, 0.15) is 11.5 Å². The van der Waals surface area contributed by atoms with Crippen LogP contribution < -0.4 is 5.32 Å². The number of nitrogens with zero attached hydrogens (tertiary/aromatic N) is 1. The molecule has 1 aromatic carbocycles. The van der Waals surface area contributed by atoms with Crippen LogP contribution in [0.3, 0.4) is 0 Å². The summed E-state index contributed by atoms with van der Waals surface area (Å²) < 4.78 is 0. The minimum Gasteiger partial charge on any atom is -0.309 e. The van der Waals surface area contributed by atoms with Gasteiger partial charge in [0.05, 0.1) is 0 Å². The molecule has 0 spiro atoms. The van der Waals surface area contributed by atoms with E-state index in [1.165, 1.54) is 5.56 Å². The SMILES string of the molecule is Cc1cccc(/C=C2/N=C(CC(C)C)NC2=O)c1. The van der Waals surface area contributed by atoms with Crippen LogP contribution in [0.25, 0.3) is 6.08 Å². The first kappa shape index (κ1) is 12.6. The van der Waals surface area contributed by atoms with Gasteiger partial charge in [-0.25, -0.2) is 4.99 Å². The normalized spacial score (nSPS) is 17.2. The summed E-state index contributed by atoms with van der Waals surface area (Å²) in [4.78, 5) is 16.1. The number of amides is 1. The Morgan fingerprint density at radius 3 is 2.83 bits per heavy atom. The van der Waals surface area contributed by atoms with Crippen LogP contribution in [0.4, 0.5) is 0 Å². The molecule has 0 radical (unpaired) electrons. The highest BCUT2D eigenvalue weighted by Gasteiger charge is 2.20. The maximum absolute atomic E-state index is 11.8.